The third kappa shape index (κ3) is 12.6. The fraction of sp³-hybridized carbons (Fsp3) is 0.857. The van der Waals surface area contributed by atoms with Crippen molar-refractivity contribution < 1.29 is 90.0 Å². The Morgan fingerprint density at radius 1 is 0.484 bits per heavy atom. The second kappa shape index (κ2) is 22.4. The Morgan fingerprint density at radius 2 is 0.952 bits per heavy atom. The van der Waals surface area contributed by atoms with Crippen LogP contribution in [-0.2, 0) is 85.6 Å². The molecule has 0 radical (unpaired) electrons. The fourth-order valence-electron chi connectivity index (χ4n) is 8.62. The van der Waals surface area contributed by atoms with Gasteiger partial charge in [0.2, 0.25) is 12.3 Å². The summed E-state index contributed by atoms with van der Waals surface area (Å²) >= 11 is 0. The molecule has 0 saturated carbocycles. The van der Waals surface area contributed by atoms with E-state index in [-0.39, 0.29) is 31.0 Å². The maximum Gasteiger partial charge on any atom is 0.303 e. The summed E-state index contributed by atoms with van der Waals surface area (Å²) in [5, 5.41) is 2.82. The van der Waals surface area contributed by atoms with Crippen molar-refractivity contribution in [3.63, 3.8) is 0 Å². The van der Waals surface area contributed by atoms with Crippen molar-refractivity contribution in [3.05, 3.63) is 0 Å². The van der Waals surface area contributed by atoms with Crippen LogP contribution in [0.4, 0.5) is 4.39 Å². The fourth-order valence-corrected chi connectivity index (χ4v) is 8.62. The number of amides is 1. The molecule has 0 aromatic carbocycles. The van der Waals surface area contributed by atoms with Crippen LogP contribution in [0.2, 0.25) is 0 Å². The molecule has 354 valence electrons. The minimum Gasteiger partial charge on any atom is -0.463 e. The maximum absolute atomic E-state index is 16.0. The first-order chi connectivity index (χ1) is 29.1. The number of alkyl halides is 1. The van der Waals surface area contributed by atoms with Crippen molar-refractivity contribution in [1.82, 2.24) is 5.32 Å². The quantitative estimate of drug-likeness (QED) is 0.184. The zero-order chi connectivity index (χ0) is 46.3. The number of carbonyl (C=O) groups excluding carboxylic acids is 6. The SMILES string of the molecule is CCC1O[C@H](F)C(O[C@@H]2OC(CC)[C@@H](O[C@@H]3OC(COC(C)=O)[C@H](C)[C@H](C)C3OC(C)=O)[C@H](O[C@@H]3OC(C)[C@@H](OC(C)=O)[C@H](OC(C)=O)C3OC(C)=O)C2NC(C)=O)[C@@H](C)[C@@H]1C. The van der Waals surface area contributed by atoms with Gasteiger partial charge in [-0.2, -0.15) is 0 Å². The van der Waals surface area contributed by atoms with E-state index in [1.807, 2.05) is 34.6 Å². The van der Waals surface area contributed by atoms with E-state index in [4.69, 9.17) is 56.8 Å². The van der Waals surface area contributed by atoms with Crippen molar-refractivity contribution in [3.8, 4) is 0 Å². The third-order valence-electron chi connectivity index (χ3n) is 12.1. The molecule has 20 atom stereocenters. The standard InChI is InChI=1S/C42H66FNO18/c1-14-28-17(3)19(5)32(39(43)57-28)60-40-31(44-22(8)45)36(62-42-38(56-27(13)50)37(55-26(12)49)34(21(7)52-42)54-25(11)48)35(29(15-2)58-40)61-41-33(53-24(10)47)20(6)18(4)30(59-41)16-51-23(9)46/h17-21,28-42H,14-16H2,1-13H3,(H,44,45)/t17-,18+,19-,20-,21?,28?,29?,30?,31?,32?,33?,34+,35+,36+,37-,38?,39-,40-,41-,42-/m0/s1. The van der Waals surface area contributed by atoms with Crippen molar-refractivity contribution in [1.29, 1.82) is 0 Å². The number of nitrogens with one attached hydrogen (secondary N) is 1. The molecule has 4 rings (SSSR count). The normalized spacial score (nSPS) is 40.9. The molecule has 0 bridgehead atoms. The molecule has 62 heavy (non-hydrogen) atoms. The number of hydrogen-bond acceptors (Lipinski definition) is 18. The van der Waals surface area contributed by atoms with E-state index < -0.39 is 140 Å². The van der Waals surface area contributed by atoms with Crippen molar-refractivity contribution in [2.24, 2.45) is 23.7 Å². The summed E-state index contributed by atoms with van der Waals surface area (Å²) in [6.45, 7) is 19.6. The van der Waals surface area contributed by atoms with Crippen LogP contribution < -0.4 is 5.32 Å². The number of carbonyl (C=O) groups is 6. The number of halogens is 1. The van der Waals surface area contributed by atoms with E-state index in [0.717, 1.165) is 20.8 Å². The molecule has 0 spiro atoms. The molecule has 19 nitrogen and oxygen atoms in total. The lowest BCUT2D eigenvalue weighted by atomic mass is 9.82. The van der Waals surface area contributed by atoms with Crippen LogP contribution in [0.25, 0.3) is 0 Å². The van der Waals surface area contributed by atoms with Gasteiger partial charge in [-0.1, -0.05) is 41.5 Å². The predicted molar refractivity (Wildman–Crippen MR) is 210 cm³/mol. The van der Waals surface area contributed by atoms with Crippen LogP contribution in [0.1, 0.15) is 103 Å². The highest BCUT2D eigenvalue weighted by Crippen LogP contribution is 2.41. The molecule has 1 amide bonds. The second-order valence-electron chi connectivity index (χ2n) is 16.7. The summed E-state index contributed by atoms with van der Waals surface area (Å²) in [7, 11) is 0. The van der Waals surface area contributed by atoms with Gasteiger partial charge >= 0.3 is 29.8 Å². The second-order valence-corrected chi connectivity index (χ2v) is 16.7. The summed E-state index contributed by atoms with van der Waals surface area (Å²) in [5.74, 6) is -5.42. The van der Waals surface area contributed by atoms with Gasteiger partial charge in [-0.05, 0) is 37.5 Å². The Kier molecular flexibility index (Phi) is 18.5. The Bertz CT molecular complexity index is 1570. The monoisotopic (exact) mass is 891 g/mol. The first-order valence-corrected chi connectivity index (χ1v) is 21.4. The van der Waals surface area contributed by atoms with Crippen LogP contribution in [0.5, 0.6) is 0 Å². The predicted octanol–water partition coefficient (Wildman–Crippen LogP) is 3.19. The summed E-state index contributed by atoms with van der Waals surface area (Å²) in [6.07, 6.45) is -17.9. The largest absolute Gasteiger partial charge is 0.463 e. The first-order valence-electron chi connectivity index (χ1n) is 21.4. The minimum atomic E-state index is -1.88. The lowest BCUT2D eigenvalue weighted by molar-refractivity contribution is -0.377. The molecule has 4 heterocycles. The third-order valence-corrected chi connectivity index (χ3v) is 12.1. The van der Waals surface area contributed by atoms with E-state index in [0.29, 0.717) is 6.42 Å². The molecule has 8 unspecified atom stereocenters. The average Bonchev–Trinajstić information content (AvgIpc) is 3.17. The van der Waals surface area contributed by atoms with E-state index in [9.17, 15) is 28.8 Å². The summed E-state index contributed by atoms with van der Waals surface area (Å²) in [4.78, 5) is 75.0. The van der Waals surface area contributed by atoms with Crippen LogP contribution >= 0.6 is 0 Å². The first kappa shape index (κ1) is 51.1. The van der Waals surface area contributed by atoms with Gasteiger partial charge in [0.1, 0.15) is 31.0 Å². The Morgan fingerprint density at radius 3 is 1.50 bits per heavy atom. The van der Waals surface area contributed by atoms with Gasteiger partial charge in [-0.15, -0.1) is 0 Å². The van der Waals surface area contributed by atoms with Gasteiger partial charge in [0.05, 0.1) is 24.4 Å². The zero-order valence-electron chi connectivity index (χ0n) is 37.9. The van der Waals surface area contributed by atoms with Gasteiger partial charge in [0.15, 0.2) is 43.3 Å². The molecular formula is C42H66FNO18. The zero-order valence-corrected chi connectivity index (χ0v) is 37.9. The molecule has 20 heteroatoms. The highest BCUT2D eigenvalue weighted by atomic mass is 19.1. The van der Waals surface area contributed by atoms with Crippen LogP contribution in [-0.4, -0.2) is 141 Å². The molecular weight excluding hydrogens is 825 g/mol. The lowest BCUT2D eigenvalue weighted by Gasteiger charge is -2.52. The Hall–Kier alpha value is -3.53. The van der Waals surface area contributed by atoms with Crippen LogP contribution in [0.15, 0.2) is 0 Å². The molecule has 0 aromatic rings. The van der Waals surface area contributed by atoms with Gasteiger partial charge in [-0.3, -0.25) is 28.8 Å². The number of rotatable bonds is 15. The molecule has 0 aromatic heterocycles. The molecule has 4 fully saturated rings. The maximum atomic E-state index is 16.0. The van der Waals surface area contributed by atoms with Gasteiger partial charge in [-0.25, -0.2) is 4.39 Å². The molecule has 4 aliphatic rings. The van der Waals surface area contributed by atoms with Crippen LogP contribution in [0, 0.1) is 23.7 Å². The highest BCUT2D eigenvalue weighted by Gasteiger charge is 2.58. The van der Waals surface area contributed by atoms with Gasteiger partial charge < -0.3 is 62.2 Å². The topological polar surface area (TPSA) is 225 Å². The van der Waals surface area contributed by atoms with Gasteiger partial charge in [0, 0.05) is 47.5 Å². The van der Waals surface area contributed by atoms with E-state index >= 15 is 4.39 Å². The van der Waals surface area contributed by atoms with E-state index in [2.05, 4.69) is 5.32 Å². The number of esters is 5. The number of ether oxygens (including phenoxy) is 12. The van der Waals surface area contributed by atoms with Crippen molar-refractivity contribution >= 4 is 35.8 Å². The number of hydrogen-bond donors (Lipinski definition) is 1. The Balaban J connectivity index is 1.88. The van der Waals surface area contributed by atoms with Gasteiger partial charge in [0.25, 0.3) is 0 Å². The molecule has 1 N–H and O–H groups in total. The van der Waals surface area contributed by atoms with Crippen LogP contribution in [0.3, 0.4) is 0 Å². The molecule has 4 saturated heterocycles. The molecule has 0 aliphatic carbocycles. The lowest BCUT2D eigenvalue weighted by Crippen LogP contribution is -2.70. The average molecular weight is 892 g/mol. The summed E-state index contributed by atoms with van der Waals surface area (Å²) in [6, 6.07) is -1.35. The summed E-state index contributed by atoms with van der Waals surface area (Å²) < 4.78 is 89.0. The van der Waals surface area contributed by atoms with Crippen molar-refractivity contribution in [2.45, 2.75) is 201 Å². The van der Waals surface area contributed by atoms with E-state index in [1.54, 1.807) is 6.92 Å². The smallest absolute Gasteiger partial charge is 0.303 e. The summed E-state index contributed by atoms with van der Waals surface area (Å²) in [5.41, 5.74) is 0. The Labute approximate surface area is 362 Å². The minimum absolute atomic E-state index is 0.138. The van der Waals surface area contributed by atoms with Crippen molar-refractivity contribution in [2.75, 3.05) is 6.61 Å². The van der Waals surface area contributed by atoms with E-state index in [1.165, 1.54) is 27.7 Å². The molecule has 4 aliphatic heterocycles. The highest BCUT2D eigenvalue weighted by molar-refractivity contribution is 5.73.